The summed E-state index contributed by atoms with van der Waals surface area (Å²) in [6, 6.07) is 14.4. The molecular weight excluding hydrogens is 272 g/mol. The van der Waals surface area contributed by atoms with E-state index in [2.05, 4.69) is 36.4 Å². The van der Waals surface area contributed by atoms with E-state index in [4.69, 9.17) is 4.74 Å². The van der Waals surface area contributed by atoms with Gasteiger partial charge < -0.3 is 4.74 Å². The molecule has 3 aromatic rings. The van der Waals surface area contributed by atoms with Gasteiger partial charge in [0.15, 0.2) is 0 Å². The second-order valence-electron chi connectivity index (χ2n) is 5.56. The SMILES string of the molecule is CCOC(=O)c1ccc2c(ccc3c4c(ccc32)C=CC4)c1. The van der Waals surface area contributed by atoms with Crippen LogP contribution in [0.1, 0.15) is 28.4 Å². The van der Waals surface area contributed by atoms with Crippen molar-refractivity contribution in [1.29, 1.82) is 0 Å². The number of fused-ring (bicyclic) bond motifs is 5. The third-order valence-electron chi connectivity index (χ3n) is 4.30. The van der Waals surface area contributed by atoms with Crippen LogP contribution in [0.3, 0.4) is 0 Å². The van der Waals surface area contributed by atoms with Gasteiger partial charge in [0.1, 0.15) is 0 Å². The smallest absolute Gasteiger partial charge is 0.338 e. The molecule has 0 amide bonds. The molecule has 2 nitrogen and oxygen atoms in total. The second-order valence-corrected chi connectivity index (χ2v) is 5.56. The van der Waals surface area contributed by atoms with Crippen molar-refractivity contribution in [1.82, 2.24) is 0 Å². The molecule has 0 bridgehead atoms. The predicted octanol–water partition coefficient (Wildman–Crippen LogP) is 4.74. The summed E-state index contributed by atoms with van der Waals surface area (Å²) in [6.45, 7) is 2.22. The molecule has 4 rings (SSSR count). The molecule has 0 aliphatic heterocycles. The van der Waals surface area contributed by atoms with Gasteiger partial charge in [-0.3, -0.25) is 0 Å². The Morgan fingerprint density at radius 3 is 2.73 bits per heavy atom. The van der Waals surface area contributed by atoms with Gasteiger partial charge in [-0.25, -0.2) is 4.79 Å². The Kier molecular flexibility index (Phi) is 2.97. The Morgan fingerprint density at radius 2 is 1.86 bits per heavy atom. The van der Waals surface area contributed by atoms with Gasteiger partial charge in [-0.05, 0) is 58.1 Å². The molecule has 0 aromatic heterocycles. The van der Waals surface area contributed by atoms with E-state index < -0.39 is 0 Å². The molecule has 108 valence electrons. The van der Waals surface area contributed by atoms with Crippen LogP contribution in [0, 0.1) is 0 Å². The summed E-state index contributed by atoms with van der Waals surface area (Å²) in [4.78, 5) is 11.9. The van der Waals surface area contributed by atoms with Crippen molar-refractivity contribution in [2.24, 2.45) is 0 Å². The normalized spacial score (nSPS) is 12.8. The largest absolute Gasteiger partial charge is 0.462 e. The lowest BCUT2D eigenvalue weighted by Crippen LogP contribution is -2.04. The molecule has 22 heavy (non-hydrogen) atoms. The van der Waals surface area contributed by atoms with Gasteiger partial charge in [0, 0.05) is 0 Å². The molecule has 0 spiro atoms. The zero-order valence-corrected chi connectivity index (χ0v) is 12.4. The highest BCUT2D eigenvalue weighted by Gasteiger charge is 2.12. The van der Waals surface area contributed by atoms with E-state index in [1.165, 1.54) is 27.3 Å². The van der Waals surface area contributed by atoms with Crippen molar-refractivity contribution in [3.8, 4) is 0 Å². The Morgan fingerprint density at radius 1 is 1.05 bits per heavy atom. The van der Waals surface area contributed by atoms with E-state index in [0.29, 0.717) is 12.2 Å². The molecule has 0 fully saturated rings. The number of ether oxygens (including phenoxy) is 1. The van der Waals surface area contributed by atoms with Crippen molar-refractivity contribution >= 4 is 33.6 Å². The fourth-order valence-corrected chi connectivity index (χ4v) is 3.25. The van der Waals surface area contributed by atoms with E-state index >= 15 is 0 Å². The van der Waals surface area contributed by atoms with E-state index in [1.807, 2.05) is 25.1 Å². The van der Waals surface area contributed by atoms with Crippen molar-refractivity contribution < 1.29 is 9.53 Å². The first-order valence-electron chi connectivity index (χ1n) is 7.60. The van der Waals surface area contributed by atoms with Crippen LogP contribution in [0.5, 0.6) is 0 Å². The zero-order valence-electron chi connectivity index (χ0n) is 12.4. The lowest BCUT2D eigenvalue weighted by atomic mass is 9.95. The van der Waals surface area contributed by atoms with Crippen LogP contribution in [-0.2, 0) is 11.2 Å². The molecule has 0 heterocycles. The zero-order chi connectivity index (χ0) is 15.1. The van der Waals surface area contributed by atoms with E-state index in [0.717, 1.165) is 11.8 Å². The molecule has 0 atom stereocenters. The Bertz CT molecular complexity index is 935. The maximum atomic E-state index is 11.9. The topological polar surface area (TPSA) is 26.3 Å². The van der Waals surface area contributed by atoms with Gasteiger partial charge >= 0.3 is 5.97 Å². The first kappa shape index (κ1) is 13.1. The fraction of sp³-hybridized carbons (Fsp3) is 0.150. The number of hydrogen-bond donors (Lipinski definition) is 0. The van der Waals surface area contributed by atoms with Crippen LogP contribution in [0.4, 0.5) is 0 Å². The summed E-state index contributed by atoms with van der Waals surface area (Å²) in [5.74, 6) is -0.261. The van der Waals surface area contributed by atoms with Gasteiger partial charge in [-0.2, -0.15) is 0 Å². The maximum Gasteiger partial charge on any atom is 0.338 e. The average molecular weight is 288 g/mol. The number of carbonyl (C=O) groups excluding carboxylic acids is 1. The second kappa shape index (κ2) is 4.99. The standard InChI is InChI=1S/C20H16O2/c1-2-22-20(21)15-8-9-17-14(12-15)7-11-18-16-5-3-4-13(16)6-10-19(17)18/h3-4,6-12H,2,5H2,1H3. The summed E-state index contributed by atoms with van der Waals surface area (Å²) >= 11 is 0. The quantitative estimate of drug-likeness (QED) is 0.503. The average Bonchev–Trinajstić information content (AvgIpc) is 3.03. The maximum absolute atomic E-state index is 11.9. The molecule has 1 aliphatic rings. The summed E-state index contributed by atoms with van der Waals surface area (Å²) in [7, 11) is 0. The fourth-order valence-electron chi connectivity index (χ4n) is 3.25. The third-order valence-corrected chi connectivity index (χ3v) is 4.30. The molecule has 0 saturated heterocycles. The minimum atomic E-state index is -0.261. The van der Waals surface area contributed by atoms with E-state index in [1.54, 1.807) is 0 Å². The van der Waals surface area contributed by atoms with E-state index in [9.17, 15) is 4.79 Å². The first-order chi connectivity index (χ1) is 10.8. The number of allylic oxidation sites excluding steroid dienone is 1. The Hall–Kier alpha value is -2.61. The summed E-state index contributed by atoms with van der Waals surface area (Å²) in [5.41, 5.74) is 3.32. The molecule has 0 radical (unpaired) electrons. The van der Waals surface area contributed by atoms with Crippen molar-refractivity contribution in [2.45, 2.75) is 13.3 Å². The highest BCUT2D eigenvalue weighted by atomic mass is 16.5. The number of rotatable bonds is 2. The summed E-state index contributed by atoms with van der Waals surface area (Å²) in [5, 5.41) is 4.80. The molecular formula is C20H16O2. The van der Waals surface area contributed by atoms with Crippen LogP contribution in [0.25, 0.3) is 27.6 Å². The molecule has 1 aliphatic carbocycles. The Labute approximate surface area is 129 Å². The van der Waals surface area contributed by atoms with E-state index in [-0.39, 0.29) is 5.97 Å². The minimum absolute atomic E-state index is 0.261. The Balaban J connectivity index is 1.92. The van der Waals surface area contributed by atoms with Crippen molar-refractivity contribution in [2.75, 3.05) is 6.61 Å². The lowest BCUT2D eigenvalue weighted by molar-refractivity contribution is 0.0526. The lowest BCUT2D eigenvalue weighted by Gasteiger charge is -2.10. The monoisotopic (exact) mass is 288 g/mol. The summed E-state index contributed by atoms with van der Waals surface area (Å²) in [6.07, 6.45) is 5.39. The molecule has 0 saturated carbocycles. The first-order valence-corrected chi connectivity index (χ1v) is 7.60. The highest BCUT2D eigenvalue weighted by molar-refractivity contribution is 6.11. The van der Waals surface area contributed by atoms with Crippen LogP contribution in [0.15, 0.2) is 48.5 Å². The van der Waals surface area contributed by atoms with Gasteiger partial charge in [0.2, 0.25) is 0 Å². The van der Waals surface area contributed by atoms with Gasteiger partial charge in [-0.1, -0.05) is 42.5 Å². The predicted molar refractivity (Wildman–Crippen MR) is 90.1 cm³/mol. The van der Waals surface area contributed by atoms with Gasteiger partial charge in [-0.15, -0.1) is 0 Å². The molecule has 0 N–H and O–H groups in total. The molecule has 3 aromatic carbocycles. The molecule has 2 heteroatoms. The highest BCUT2D eigenvalue weighted by Crippen LogP contribution is 2.33. The number of hydrogen-bond acceptors (Lipinski definition) is 2. The number of esters is 1. The van der Waals surface area contributed by atoms with Crippen LogP contribution in [-0.4, -0.2) is 12.6 Å². The van der Waals surface area contributed by atoms with Crippen LogP contribution < -0.4 is 0 Å². The minimum Gasteiger partial charge on any atom is -0.462 e. The summed E-state index contributed by atoms with van der Waals surface area (Å²) < 4.78 is 5.08. The third kappa shape index (κ3) is 1.92. The van der Waals surface area contributed by atoms with Crippen molar-refractivity contribution in [3.05, 3.63) is 65.2 Å². The molecule has 0 unspecified atom stereocenters. The van der Waals surface area contributed by atoms with Crippen molar-refractivity contribution in [3.63, 3.8) is 0 Å². The number of carbonyl (C=O) groups is 1. The number of benzene rings is 3. The van der Waals surface area contributed by atoms with Gasteiger partial charge in [0.25, 0.3) is 0 Å². The van der Waals surface area contributed by atoms with Crippen LogP contribution >= 0.6 is 0 Å². The van der Waals surface area contributed by atoms with Gasteiger partial charge in [0.05, 0.1) is 12.2 Å². The van der Waals surface area contributed by atoms with Crippen LogP contribution in [0.2, 0.25) is 0 Å².